The van der Waals surface area contributed by atoms with E-state index in [9.17, 15) is 27.7 Å². The molecule has 1 N–H and O–H groups in total. The van der Waals surface area contributed by atoms with E-state index in [0.717, 1.165) is 17.6 Å². The molecule has 0 radical (unpaired) electrons. The first-order chi connectivity index (χ1) is 22.4. The third-order valence-corrected chi connectivity index (χ3v) is 10.5. The predicted molar refractivity (Wildman–Crippen MR) is 171 cm³/mol. The molecule has 1 saturated heterocycles. The minimum atomic E-state index is -3.52. The molecule has 1 aromatic carbocycles. The highest BCUT2D eigenvalue weighted by Gasteiger charge is 2.30. The Hall–Kier alpha value is -3.40. The number of pyridine rings is 1. The molecule has 1 aliphatic heterocycles. The van der Waals surface area contributed by atoms with Crippen LogP contribution in [-0.4, -0.2) is 67.1 Å². The molecule has 17 heteroatoms. The fraction of sp³-hybridized carbons (Fsp3) is 0.467. The number of thiazole rings is 1. The third kappa shape index (κ3) is 10.5. The van der Waals surface area contributed by atoms with Crippen molar-refractivity contribution < 1.29 is 50.9 Å². The molecule has 0 aliphatic carbocycles. The van der Waals surface area contributed by atoms with Gasteiger partial charge in [0.2, 0.25) is 0 Å². The van der Waals surface area contributed by atoms with Gasteiger partial charge < -0.3 is 28.4 Å². The van der Waals surface area contributed by atoms with Gasteiger partial charge in [0, 0.05) is 48.4 Å². The van der Waals surface area contributed by atoms with Gasteiger partial charge >= 0.3 is 13.6 Å². The number of carbonyl (C=O) groups is 2. The van der Waals surface area contributed by atoms with Crippen LogP contribution in [0.5, 0.6) is 17.2 Å². The van der Waals surface area contributed by atoms with Crippen LogP contribution in [0.1, 0.15) is 62.0 Å². The molecule has 0 spiro atoms. The summed E-state index contributed by atoms with van der Waals surface area (Å²) in [4.78, 5) is 34.3. The summed E-state index contributed by atoms with van der Waals surface area (Å²) in [7, 11) is -6.97. The monoisotopic (exact) mass is 711 g/mol. The van der Waals surface area contributed by atoms with E-state index < -0.39 is 29.3 Å². The molecule has 1 aliphatic rings. The van der Waals surface area contributed by atoms with Crippen LogP contribution in [0.4, 0.5) is 0 Å². The number of carbonyl (C=O) groups excluding carboxylic acids is 2. The van der Waals surface area contributed by atoms with E-state index >= 15 is 0 Å². The summed E-state index contributed by atoms with van der Waals surface area (Å²) < 4.78 is 66.5. The van der Waals surface area contributed by atoms with Crippen LogP contribution >= 0.6 is 18.9 Å². The van der Waals surface area contributed by atoms with E-state index in [4.69, 9.17) is 23.3 Å². The van der Waals surface area contributed by atoms with Crippen LogP contribution in [0.15, 0.2) is 51.9 Å². The van der Waals surface area contributed by atoms with Gasteiger partial charge in [-0.15, -0.1) is 11.3 Å². The summed E-state index contributed by atoms with van der Waals surface area (Å²) in [5, 5.41) is 11.0. The van der Waals surface area contributed by atoms with E-state index in [0.29, 0.717) is 44.6 Å². The Kier molecular flexibility index (Phi) is 12.9. The summed E-state index contributed by atoms with van der Waals surface area (Å²) in [6.07, 6.45) is 4.19. The van der Waals surface area contributed by atoms with Gasteiger partial charge in [0.05, 0.1) is 25.6 Å². The Morgan fingerprint density at radius 1 is 1.15 bits per heavy atom. The average Bonchev–Trinajstić information content (AvgIpc) is 3.39. The minimum Gasteiger partial charge on any atom is -0.490 e. The van der Waals surface area contributed by atoms with Gasteiger partial charge in [0.1, 0.15) is 23.4 Å². The molecule has 0 unspecified atom stereocenters. The molecule has 2 aromatic heterocycles. The standard InChI is InChI=1S/C30H38N3O11PS2/c1-4-7-28(35)40-20-33-22(18-45(37)41-12-6-13-42-45)19-46-30(33)32-29(36)21-14-25(43-23(5-2)10-11-34)16-26(15-21)44-24-8-9-27(31-17-24)47(3,38)39/h8-9,14-17,19,23,34H,4-7,10-13,18,20H2,1-3H3/t23-/m0/s1. The van der Waals surface area contributed by atoms with Crippen molar-refractivity contribution in [2.24, 2.45) is 4.99 Å². The van der Waals surface area contributed by atoms with Crippen LogP contribution < -0.4 is 14.3 Å². The summed E-state index contributed by atoms with van der Waals surface area (Å²) in [6, 6.07) is 7.23. The lowest BCUT2D eigenvalue weighted by atomic mass is 10.1. The second-order valence-corrected chi connectivity index (χ2v) is 15.5. The molecule has 47 heavy (non-hydrogen) atoms. The van der Waals surface area contributed by atoms with Crippen molar-refractivity contribution in [3.05, 3.63) is 58.0 Å². The Labute approximate surface area is 276 Å². The molecule has 0 saturated carbocycles. The predicted octanol–water partition coefficient (Wildman–Crippen LogP) is 4.85. The lowest BCUT2D eigenvalue weighted by Crippen LogP contribution is -2.23. The van der Waals surface area contributed by atoms with Crippen molar-refractivity contribution in [3.63, 3.8) is 0 Å². The maximum Gasteiger partial charge on any atom is 0.336 e. The summed E-state index contributed by atoms with van der Waals surface area (Å²) >= 11 is 1.09. The van der Waals surface area contributed by atoms with Gasteiger partial charge in [-0.05, 0) is 43.5 Å². The number of benzene rings is 1. The number of amides is 1. The molecule has 256 valence electrons. The van der Waals surface area contributed by atoms with E-state index in [1.165, 1.54) is 35.0 Å². The first-order valence-corrected chi connectivity index (χ1v) is 19.5. The number of hydrogen-bond donors (Lipinski definition) is 1. The Morgan fingerprint density at radius 3 is 2.53 bits per heavy atom. The molecule has 3 aromatic rings. The number of rotatable bonds is 15. The fourth-order valence-corrected chi connectivity index (χ4v) is 7.66. The fourth-order valence-electron chi connectivity index (χ4n) is 4.36. The Balaban J connectivity index is 1.70. The number of nitrogens with zero attached hydrogens (tertiary/aromatic N) is 3. The van der Waals surface area contributed by atoms with Crippen molar-refractivity contribution >= 4 is 40.6 Å². The lowest BCUT2D eigenvalue weighted by Gasteiger charge is -2.23. The molecular formula is C30H38N3O11PS2. The van der Waals surface area contributed by atoms with E-state index in [1.54, 1.807) is 11.4 Å². The largest absolute Gasteiger partial charge is 0.490 e. The summed E-state index contributed by atoms with van der Waals surface area (Å²) in [6.45, 7) is 3.96. The zero-order chi connectivity index (χ0) is 34.0. The van der Waals surface area contributed by atoms with Gasteiger partial charge in [-0.1, -0.05) is 13.8 Å². The van der Waals surface area contributed by atoms with Crippen molar-refractivity contribution in [1.29, 1.82) is 0 Å². The number of ether oxygens (including phenoxy) is 3. The van der Waals surface area contributed by atoms with Crippen LogP contribution in [0, 0.1) is 0 Å². The van der Waals surface area contributed by atoms with Crippen LogP contribution in [0.25, 0.3) is 0 Å². The molecule has 1 amide bonds. The Morgan fingerprint density at radius 2 is 1.89 bits per heavy atom. The van der Waals surface area contributed by atoms with Crippen molar-refractivity contribution in [2.75, 3.05) is 26.1 Å². The van der Waals surface area contributed by atoms with Gasteiger partial charge in [-0.25, -0.2) is 13.4 Å². The maximum atomic E-state index is 13.6. The highest BCUT2D eigenvalue weighted by Crippen LogP contribution is 2.53. The highest BCUT2D eigenvalue weighted by molar-refractivity contribution is 7.90. The molecule has 1 atom stereocenters. The zero-order valence-corrected chi connectivity index (χ0v) is 28.9. The zero-order valence-electron chi connectivity index (χ0n) is 26.3. The molecular weight excluding hydrogens is 673 g/mol. The number of aliphatic hydroxyl groups is 1. The smallest absolute Gasteiger partial charge is 0.336 e. The molecule has 3 heterocycles. The number of hydrogen-bond acceptors (Lipinski definition) is 13. The number of aliphatic hydroxyl groups excluding tert-OH is 1. The summed E-state index contributed by atoms with van der Waals surface area (Å²) in [5.74, 6) is -0.444. The lowest BCUT2D eigenvalue weighted by molar-refractivity contribution is -0.147. The Bertz CT molecular complexity index is 1760. The maximum absolute atomic E-state index is 13.6. The normalized spacial score (nSPS) is 15.6. The van der Waals surface area contributed by atoms with Gasteiger partial charge in [0.25, 0.3) is 5.91 Å². The molecule has 14 nitrogen and oxygen atoms in total. The molecule has 4 rings (SSSR count). The highest BCUT2D eigenvalue weighted by atomic mass is 32.2. The number of aromatic nitrogens is 2. The van der Waals surface area contributed by atoms with Crippen LogP contribution in [0.3, 0.4) is 0 Å². The second kappa shape index (κ2) is 16.6. The van der Waals surface area contributed by atoms with E-state index in [-0.39, 0.29) is 64.7 Å². The average molecular weight is 712 g/mol. The quantitative estimate of drug-likeness (QED) is 0.167. The first kappa shape index (κ1) is 36.4. The molecule has 0 bridgehead atoms. The van der Waals surface area contributed by atoms with Crippen molar-refractivity contribution in [3.8, 4) is 17.2 Å². The number of esters is 1. The van der Waals surface area contributed by atoms with Crippen molar-refractivity contribution in [1.82, 2.24) is 9.55 Å². The number of sulfone groups is 1. The van der Waals surface area contributed by atoms with Gasteiger partial charge in [-0.3, -0.25) is 18.7 Å². The molecule has 1 fully saturated rings. The van der Waals surface area contributed by atoms with Crippen LogP contribution in [-0.2, 0) is 45.9 Å². The summed E-state index contributed by atoms with van der Waals surface area (Å²) in [5.41, 5.74) is 0.547. The topological polar surface area (TPSA) is 182 Å². The van der Waals surface area contributed by atoms with Gasteiger partial charge in [0.15, 0.2) is 26.4 Å². The van der Waals surface area contributed by atoms with Crippen molar-refractivity contribution in [2.45, 2.75) is 70.0 Å². The third-order valence-electron chi connectivity index (χ3n) is 6.77. The minimum absolute atomic E-state index is 0.0910. The van der Waals surface area contributed by atoms with E-state index in [2.05, 4.69) is 9.98 Å². The SMILES string of the molecule is CCCC(=O)OCn1c(CP2(=O)OCCCO2)csc1=NC(=O)c1cc(Oc2ccc(S(C)(=O)=O)nc2)cc(O[C@@H](CC)CCO)c1. The first-order valence-electron chi connectivity index (χ1n) is 15.0. The van der Waals surface area contributed by atoms with Gasteiger partial charge in [-0.2, -0.15) is 4.99 Å². The van der Waals surface area contributed by atoms with E-state index in [1.807, 2.05) is 13.8 Å². The second-order valence-electron chi connectivity index (χ2n) is 10.6. The van der Waals surface area contributed by atoms with Crippen LogP contribution in [0.2, 0.25) is 0 Å².